The van der Waals surface area contributed by atoms with Crippen LogP contribution in [0.15, 0.2) is 95.3 Å². The van der Waals surface area contributed by atoms with Crippen LogP contribution in [0.5, 0.6) is 0 Å². The van der Waals surface area contributed by atoms with E-state index in [1.165, 1.54) is 7.05 Å². The lowest BCUT2D eigenvalue weighted by atomic mass is 9.98. The van der Waals surface area contributed by atoms with Gasteiger partial charge in [0, 0.05) is 24.5 Å². The Kier molecular flexibility index (Phi) is 10.9. The molecular formula is C41H35ClN14O3S2. The Morgan fingerprint density at radius 3 is 2.41 bits per heavy atom. The number of aromatic nitrogens is 10. The predicted molar refractivity (Wildman–Crippen MR) is 233 cm³/mol. The van der Waals surface area contributed by atoms with E-state index in [1.807, 2.05) is 72.9 Å². The number of fused-ring (bicyclic) bond motifs is 2. The molecule has 9 rings (SSSR count). The van der Waals surface area contributed by atoms with Crippen molar-refractivity contribution < 1.29 is 15.0 Å². The zero-order valence-corrected chi connectivity index (χ0v) is 34.7. The maximum atomic E-state index is 13.0. The summed E-state index contributed by atoms with van der Waals surface area (Å²) >= 11 is 15.8. The van der Waals surface area contributed by atoms with Crippen LogP contribution in [0.3, 0.4) is 0 Å². The fraction of sp³-hybridized carbons (Fsp3) is 0.268. The van der Waals surface area contributed by atoms with Gasteiger partial charge in [-0.1, -0.05) is 34.2 Å². The summed E-state index contributed by atoms with van der Waals surface area (Å²) in [6.07, 6.45) is 3.03. The van der Waals surface area contributed by atoms with Crippen LogP contribution >= 0.6 is 36.0 Å². The first-order chi connectivity index (χ1) is 29.7. The number of thiocarbonyl (C=S) groups is 2. The van der Waals surface area contributed by atoms with E-state index in [4.69, 9.17) is 51.0 Å². The number of amides is 1. The minimum absolute atomic E-state index is 0.250. The van der Waals surface area contributed by atoms with E-state index in [0.29, 0.717) is 71.3 Å². The highest BCUT2D eigenvalue weighted by Crippen LogP contribution is 2.67. The lowest BCUT2D eigenvalue weighted by Crippen LogP contribution is -2.41. The number of anilines is 1. The maximum Gasteiger partial charge on any atom is 0.229 e. The molecule has 2 aliphatic rings. The van der Waals surface area contributed by atoms with E-state index in [0.717, 1.165) is 28.3 Å². The van der Waals surface area contributed by atoms with Gasteiger partial charge in [-0.15, -0.1) is 10.2 Å². The number of rotatable bonds is 14. The quantitative estimate of drug-likeness (QED) is 0.0777. The van der Waals surface area contributed by atoms with Gasteiger partial charge in [-0.25, -0.2) is 24.3 Å². The number of halogens is 1. The van der Waals surface area contributed by atoms with Gasteiger partial charge in [0.15, 0.2) is 23.0 Å². The Labute approximate surface area is 363 Å². The Balaban J connectivity index is 1.10. The van der Waals surface area contributed by atoms with Crippen molar-refractivity contribution in [3.8, 4) is 22.9 Å². The van der Waals surface area contributed by atoms with Crippen molar-refractivity contribution in [1.82, 2.24) is 54.8 Å². The number of aryl methyl sites for hydroxylation is 1. The summed E-state index contributed by atoms with van der Waals surface area (Å²) in [5.41, 5.74) is 5.41. The summed E-state index contributed by atoms with van der Waals surface area (Å²) in [6.45, 7) is 0.355. The molecule has 20 heteroatoms. The monoisotopic (exact) mass is 870 g/mol. The Morgan fingerprint density at radius 2 is 1.70 bits per heavy atom. The first kappa shape index (κ1) is 40.0. The molecule has 7 aromatic rings. The van der Waals surface area contributed by atoms with Gasteiger partial charge in [0.25, 0.3) is 0 Å². The number of isothiocyanates is 2. The van der Waals surface area contributed by atoms with Crippen molar-refractivity contribution in [3.05, 3.63) is 107 Å². The molecule has 1 amide bonds. The minimum atomic E-state index is -1.27. The normalized spacial score (nSPS) is 20.1. The van der Waals surface area contributed by atoms with Crippen molar-refractivity contribution >= 4 is 80.6 Å². The molecule has 2 aliphatic carbocycles. The van der Waals surface area contributed by atoms with Crippen LogP contribution in [0.25, 0.3) is 34.1 Å². The Morgan fingerprint density at radius 1 is 0.967 bits per heavy atom. The molecule has 5 atom stereocenters. The summed E-state index contributed by atoms with van der Waals surface area (Å²) in [4.78, 5) is 35.9. The van der Waals surface area contributed by atoms with Crippen LogP contribution in [0.2, 0.25) is 5.02 Å². The summed E-state index contributed by atoms with van der Waals surface area (Å²) in [6, 6.07) is 21.5. The highest BCUT2D eigenvalue weighted by Gasteiger charge is 2.75. The molecule has 0 aliphatic heterocycles. The topological polar surface area (TPSA) is 211 Å². The van der Waals surface area contributed by atoms with E-state index in [2.05, 4.69) is 51.6 Å². The predicted octanol–water partition coefficient (Wildman–Crippen LogP) is 5.59. The van der Waals surface area contributed by atoms with Crippen LogP contribution in [0, 0.1) is 11.3 Å². The van der Waals surface area contributed by atoms with E-state index in [-0.39, 0.29) is 17.6 Å². The standard InChI is InChI=1S/C41H35ClN14O3S2/c1-43-40(59)41-17-30(41)34(35(57)36(41)58)54-20-45-33-37(44-18-23-4-2-5-24(42)16-23)48-38(49-39(33)54)32-31(56(53-51-32)29-14-10-26(11-15-29)47-22-61)7-3-6-27-19-55(52-50-27)28-12-8-25(9-13-28)46-21-60/h2,4-5,8-16,19-20,30,34-36,57-58H,3,6-7,17-18H2,1H3,(H,43,59)(H,44,48,49)/t30?,34-,35+,36+,41-/m1/s1. The fourth-order valence-electron chi connectivity index (χ4n) is 8.32. The van der Waals surface area contributed by atoms with Crippen LogP contribution in [0.1, 0.15) is 35.8 Å². The van der Waals surface area contributed by atoms with E-state index < -0.39 is 23.7 Å². The molecule has 3 aromatic carbocycles. The smallest absolute Gasteiger partial charge is 0.229 e. The van der Waals surface area contributed by atoms with Crippen molar-refractivity contribution in [3.63, 3.8) is 0 Å². The number of hydrogen-bond acceptors (Lipinski definition) is 15. The van der Waals surface area contributed by atoms with E-state index in [1.54, 1.807) is 26.3 Å². The third-order valence-electron chi connectivity index (χ3n) is 11.3. The molecule has 2 saturated carbocycles. The fourth-order valence-corrected chi connectivity index (χ4v) is 8.74. The molecule has 0 radical (unpaired) electrons. The van der Waals surface area contributed by atoms with Crippen LogP contribution in [0.4, 0.5) is 17.2 Å². The number of imidazole rings is 1. The molecule has 61 heavy (non-hydrogen) atoms. The summed E-state index contributed by atoms with van der Waals surface area (Å²) in [5.74, 6) is -0.00499. The van der Waals surface area contributed by atoms with Gasteiger partial charge in [-0.05, 0) is 116 Å². The second-order valence-corrected chi connectivity index (χ2v) is 15.6. The average Bonchev–Trinajstić information content (AvgIpc) is 3.63. The van der Waals surface area contributed by atoms with Crippen molar-refractivity contribution in [1.29, 1.82) is 0 Å². The van der Waals surface area contributed by atoms with Crippen molar-refractivity contribution in [2.24, 2.45) is 21.3 Å². The summed E-state index contributed by atoms with van der Waals surface area (Å²) in [7, 11) is 1.53. The molecule has 4 heterocycles. The van der Waals surface area contributed by atoms with Gasteiger partial charge in [-0.3, -0.25) is 4.79 Å². The van der Waals surface area contributed by atoms with Crippen molar-refractivity contribution in [2.45, 2.75) is 50.5 Å². The molecule has 0 spiro atoms. The van der Waals surface area contributed by atoms with Gasteiger partial charge in [0.2, 0.25) is 5.91 Å². The summed E-state index contributed by atoms with van der Waals surface area (Å²) in [5, 5.41) is 52.1. The molecule has 1 unspecified atom stereocenters. The minimum Gasteiger partial charge on any atom is -0.389 e. The second-order valence-electron chi connectivity index (χ2n) is 14.8. The zero-order chi connectivity index (χ0) is 42.3. The number of benzene rings is 3. The number of nitrogens with zero attached hydrogens (tertiary/aromatic N) is 12. The van der Waals surface area contributed by atoms with Gasteiger partial charge in [0.1, 0.15) is 11.6 Å². The number of nitrogens with one attached hydrogen (secondary N) is 2. The number of carbonyl (C=O) groups excluding carboxylic acids is 1. The average molecular weight is 871 g/mol. The third-order valence-corrected chi connectivity index (χ3v) is 11.8. The Bertz CT molecular complexity index is 2890. The number of aliphatic imine (C=N–C) groups is 2. The Hall–Kier alpha value is -6.43. The second kappa shape index (κ2) is 16.6. The number of hydrogen-bond donors (Lipinski definition) is 4. The van der Waals surface area contributed by atoms with E-state index >= 15 is 0 Å². The molecule has 306 valence electrons. The molecule has 17 nitrogen and oxygen atoms in total. The first-order valence-corrected chi connectivity index (χ1v) is 20.5. The largest absolute Gasteiger partial charge is 0.389 e. The highest BCUT2D eigenvalue weighted by atomic mass is 35.5. The number of aliphatic hydroxyl groups is 2. The number of carbonyl (C=O) groups is 1. The molecular weight excluding hydrogens is 836 g/mol. The van der Waals surface area contributed by atoms with Gasteiger partial charge in [-0.2, -0.15) is 9.98 Å². The molecule has 4 aromatic heterocycles. The SMILES string of the molecule is CNC(=O)[C@]12CC1[C@@H](n1cnc3c(NCc4cccc(Cl)c4)nc(-c4nnn(-c5ccc(N=C=S)cc5)c4CCCc4cn(-c5ccc(N=C=S)cc5)nn4)nc31)[C@H](O)[C@@H]2O. The molecule has 0 bridgehead atoms. The third kappa shape index (κ3) is 7.42. The van der Waals surface area contributed by atoms with Gasteiger partial charge in [0.05, 0.1) is 74.5 Å². The highest BCUT2D eigenvalue weighted by molar-refractivity contribution is 7.78. The lowest BCUT2D eigenvalue weighted by molar-refractivity contribution is -0.132. The van der Waals surface area contributed by atoms with E-state index in [9.17, 15) is 15.0 Å². The molecule has 4 N–H and O–H groups in total. The molecule has 0 saturated heterocycles. The maximum absolute atomic E-state index is 13.0. The van der Waals surface area contributed by atoms with Crippen LogP contribution in [-0.2, 0) is 24.2 Å². The summed E-state index contributed by atoms with van der Waals surface area (Å²) < 4.78 is 5.18. The van der Waals surface area contributed by atoms with Crippen LogP contribution < -0.4 is 10.6 Å². The van der Waals surface area contributed by atoms with Gasteiger partial charge >= 0.3 is 0 Å². The van der Waals surface area contributed by atoms with Crippen LogP contribution in [-0.4, -0.2) is 95.2 Å². The number of aliphatic hydroxyl groups excluding tert-OH is 2. The van der Waals surface area contributed by atoms with Crippen molar-refractivity contribution in [2.75, 3.05) is 12.4 Å². The zero-order valence-electron chi connectivity index (χ0n) is 32.3. The molecule has 2 fully saturated rings. The lowest BCUT2D eigenvalue weighted by Gasteiger charge is -2.23. The van der Waals surface area contributed by atoms with Gasteiger partial charge < -0.3 is 25.4 Å². The first-order valence-electron chi connectivity index (χ1n) is 19.3.